The van der Waals surface area contributed by atoms with Gasteiger partial charge < -0.3 is 10.4 Å². The van der Waals surface area contributed by atoms with Crippen molar-refractivity contribution in [2.75, 3.05) is 5.32 Å². The Morgan fingerprint density at radius 3 is 2.59 bits per heavy atom. The highest BCUT2D eigenvalue weighted by atomic mass is 19.1. The van der Waals surface area contributed by atoms with Crippen LogP contribution in [0.4, 0.5) is 15.8 Å². The topological polar surface area (TPSA) is 62.2 Å². The summed E-state index contributed by atoms with van der Waals surface area (Å²) >= 11 is 0. The van der Waals surface area contributed by atoms with E-state index in [-0.39, 0.29) is 11.4 Å². The van der Waals surface area contributed by atoms with E-state index in [1.165, 1.54) is 42.7 Å². The Bertz CT molecular complexity index is 540. The lowest BCUT2D eigenvalue weighted by atomic mass is 10.2. The first-order valence-corrected chi connectivity index (χ1v) is 4.87. The second kappa shape index (κ2) is 4.61. The van der Waals surface area contributed by atoms with Crippen LogP contribution in [0.2, 0.25) is 0 Å². The fraction of sp³-hybridized carbons (Fsp3) is 0. The summed E-state index contributed by atoms with van der Waals surface area (Å²) in [4.78, 5) is 14.8. The zero-order valence-electron chi connectivity index (χ0n) is 8.72. The molecule has 0 saturated heterocycles. The number of hydrogen-bond acceptors (Lipinski definition) is 3. The number of aromatic nitrogens is 1. The Morgan fingerprint density at radius 2 is 1.94 bits per heavy atom. The first-order valence-electron chi connectivity index (χ1n) is 4.87. The van der Waals surface area contributed by atoms with E-state index in [4.69, 9.17) is 5.11 Å². The van der Waals surface area contributed by atoms with Gasteiger partial charge in [0.05, 0.1) is 17.4 Å². The Balaban J connectivity index is 2.30. The van der Waals surface area contributed by atoms with Crippen molar-refractivity contribution in [3.05, 3.63) is 54.1 Å². The number of carboxylic acids is 1. The fourth-order valence-corrected chi connectivity index (χ4v) is 1.37. The maximum Gasteiger partial charge on any atom is 0.337 e. The lowest BCUT2D eigenvalue weighted by Gasteiger charge is -2.08. The number of anilines is 2. The van der Waals surface area contributed by atoms with Crippen molar-refractivity contribution >= 4 is 17.3 Å². The molecule has 1 aromatic carbocycles. The number of aromatic carboxylic acids is 1. The van der Waals surface area contributed by atoms with Gasteiger partial charge in [0, 0.05) is 11.9 Å². The molecule has 0 atom stereocenters. The lowest BCUT2D eigenvalue weighted by Crippen LogP contribution is -2.03. The highest BCUT2D eigenvalue weighted by molar-refractivity contribution is 5.94. The molecule has 0 saturated carbocycles. The molecular weight excluding hydrogens is 223 g/mol. The summed E-state index contributed by atoms with van der Waals surface area (Å²) in [6.45, 7) is 0. The molecular formula is C12H9FN2O2. The number of carbonyl (C=O) groups is 1. The molecule has 2 aromatic rings. The van der Waals surface area contributed by atoms with Gasteiger partial charge in [0.25, 0.3) is 0 Å². The second-order valence-corrected chi connectivity index (χ2v) is 3.36. The number of benzene rings is 1. The monoisotopic (exact) mass is 232 g/mol. The molecule has 0 aliphatic heterocycles. The van der Waals surface area contributed by atoms with Gasteiger partial charge >= 0.3 is 5.97 Å². The SMILES string of the molecule is O=C(O)c1ccncc1Nc1ccc(F)cc1. The Hall–Kier alpha value is -2.43. The van der Waals surface area contributed by atoms with Gasteiger partial charge in [-0.05, 0) is 30.3 Å². The standard InChI is InChI=1S/C12H9FN2O2/c13-8-1-3-9(4-2-8)15-11-7-14-6-5-10(11)12(16)17/h1-7,15H,(H,16,17). The van der Waals surface area contributed by atoms with Crippen LogP contribution in [0, 0.1) is 5.82 Å². The van der Waals surface area contributed by atoms with Crippen LogP contribution >= 0.6 is 0 Å². The quantitative estimate of drug-likeness (QED) is 0.853. The van der Waals surface area contributed by atoms with E-state index in [9.17, 15) is 9.18 Å². The van der Waals surface area contributed by atoms with Crippen LogP contribution in [0.5, 0.6) is 0 Å². The summed E-state index contributed by atoms with van der Waals surface area (Å²) in [5.74, 6) is -1.39. The van der Waals surface area contributed by atoms with Crippen LogP contribution in [-0.2, 0) is 0 Å². The van der Waals surface area contributed by atoms with E-state index in [0.717, 1.165) is 0 Å². The molecule has 4 nitrogen and oxygen atoms in total. The van der Waals surface area contributed by atoms with Gasteiger partial charge in [-0.25, -0.2) is 9.18 Å². The largest absolute Gasteiger partial charge is 0.478 e. The third-order valence-electron chi connectivity index (χ3n) is 2.17. The smallest absolute Gasteiger partial charge is 0.337 e. The first kappa shape index (κ1) is 11.1. The van der Waals surface area contributed by atoms with E-state index < -0.39 is 5.97 Å². The number of pyridine rings is 1. The number of carboxylic acid groups (broad SMARTS) is 1. The Kier molecular flexibility index (Phi) is 3.00. The van der Waals surface area contributed by atoms with E-state index in [1.54, 1.807) is 0 Å². The van der Waals surface area contributed by atoms with Crippen LogP contribution in [0.3, 0.4) is 0 Å². The molecule has 0 bridgehead atoms. The van der Waals surface area contributed by atoms with E-state index in [2.05, 4.69) is 10.3 Å². The molecule has 0 fully saturated rings. The third-order valence-corrected chi connectivity index (χ3v) is 2.17. The van der Waals surface area contributed by atoms with Crippen molar-refractivity contribution < 1.29 is 14.3 Å². The number of nitrogens with one attached hydrogen (secondary N) is 1. The van der Waals surface area contributed by atoms with Crippen molar-refractivity contribution in [3.8, 4) is 0 Å². The highest BCUT2D eigenvalue weighted by Crippen LogP contribution is 2.19. The van der Waals surface area contributed by atoms with Crippen molar-refractivity contribution in [2.45, 2.75) is 0 Å². The predicted octanol–water partition coefficient (Wildman–Crippen LogP) is 2.66. The van der Waals surface area contributed by atoms with E-state index in [1.807, 2.05) is 0 Å². The maximum absolute atomic E-state index is 12.7. The first-order chi connectivity index (χ1) is 8.16. The molecule has 1 aromatic heterocycles. The minimum Gasteiger partial charge on any atom is -0.478 e. The van der Waals surface area contributed by atoms with Gasteiger partial charge in [0.2, 0.25) is 0 Å². The summed E-state index contributed by atoms with van der Waals surface area (Å²) in [5, 5.41) is 11.8. The number of nitrogens with zero attached hydrogens (tertiary/aromatic N) is 1. The molecule has 0 unspecified atom stereocenters. The van der Waals surface area contributed by atoms with Crippen molar-refractivity contribution in [3.63, 3.8) is 0 Å². The van der Waals surface area contributed by atoms with Gasteiger partial charge in [0.15, 0.2) is 0 Å². The molecule has 5 heteroatoms. The van der Waals surface area contributed by atoms with Crippen molar-refractivity contribution in [2.24, 2.45) is 0 Å². The summed E-state index contributed by atoms with van der Waals surface area (Å²) < 4.78 is 12.7. The van der Waals surface area contributed by atoms with Gasteiger partial charge in [-0.15, -0.1) is 0 Å². The van der Waals surface area contributed by atoms with E-state index >= 15 is 0 Å². The zero-order valence-corrected chi connectivity index (χ0v) is 8.72. The average molecular weight is 232 g/mol. The lowest BCUT2D eigenvalue weighted by molar-refractivity contribution is 0.0698. The third kappa shape index (κ3) is 2.57. The van der Waals surface area contributed by atoms with Gasteiger partial charge in [0.1, 0.15) is 5.82 Å². The normalized spacial score (nSPS) is 9.94. The second-order valence-electron chi connectivity index (χ2n) is 3.36. The molecule has 0 amide bonds. The van der Waals surface area contributed by atoms with Crippen LogP contribution in [0.1, 0.15) is 10.4 Å². The zero-order chi connectivity index (χ0) is 12.3. The molecule has 0 aliphatic carbocycles. The highest BCUT2D eigenvalue weighted by Gasteiger charge is 2.09. The molecule has 1 heterocycles. The number of rotatable bonds is 3. The maximum atomic E-state index is 12.7. The van der Waals surface area contributed by atoms with Crippen molar-refractivity contribution in [1.82, 2.24) is 4.98 Å². The summed E-state index contributed by atoms with van der Waals surface area (Å²) in [6, 6.07) is 7.02. The molecule has 0 radical (unpaired) electrons. The average Bonchev–Trinajstić information content (AvgIpc) is 2.32. The number of hydrogen-bond donors (Lipinski definition) is 2. The minimum atomic E-state index is -1.04. The molecule has 0 aliphatic rings. The van der Waals surface area contributed by atoms with Gasteiger partial charge in [-0.1, -0.05) is 0 Å². The Labute approximate surface area is 96.7 Å². The molecule has 2 N–H and O–H groups in total. The molecule has 86 valence electrons. The summed E-state index contributed by atoms with van der Waals surface area (Å²) in [6.07, 6.45) is 2.81. The van der Waals surface area contributed by atoms with Gasteiger partial charge in [-0.2, -0.15) is 0 Å². The van der Waals surface area contributed by atoms with Crippen LogP contribution in [0.25, 0.3) is 0 Å². The fourth-order valence-electron chi connectivity index (χ4n) is 1.37. The summed E-state index contributed by atoms with van der Waals surface area (Å²) in [5.41, 5.74) is 1.08. The summed E-state index contributed by atoms with van der Waals surface area (Å²) in [7, 11) is 0. The van der Waals surface area contributed by atoms with Crippen LogP contribution in [-0.4, -0.2) is 16.1 Å². The number of halogens is 1. The Morgan fingerprint density at radius 1 is 1.24 bits per heavy atom. The predicted molar refractivity (Wildman–Crippen MR) is 60.9 cm³/mol. The van der Waals surface area contributed by atoms with Crippen LogP contribution in [0.15, 0.2) is 42.7 Å². The molecule has 2 rings (SSSR count). The van der Waals surface area contributed by atoms with Crippen LogP contribution < -0.4 is 5.32 Å². The molecule has 0 spiro atoms. The van der Waals surface area contributed by atoms with Crippen molar-refractivity contribution in [1.29, 1.82) is 0 Å². The minimum absolute atomic E-state index is 0.115. The molecule has 17 heavy (non-hydrogen) atoms. The van der Waals surface area contributed by atoms with Gasteiger partial charge in [-0.3, -0.25) is 4.98 Å². The van der Waals surface area contributed by atoms with E-state index in [0.29, 0.717) is 11.4 Å².